The largest absolute Gasteiger partial charge is 0.462 e. The molecular formula is C19H23F2N3O3. The topological polar surface area (TPSA) is 63.6 Å². The van der Waals surface area contributed by atoms with Gasteiger partial charge in [0.05, 0.1) is 17.5 Å². The van der Waals surface area contributed by atoms with Crippen LogP contribution in [0.25, 0.3) is 10.9 Å². The first-order chi connectivity index (χ1) is 12.9. The number of pyridine rings is 1. The van der Waals surface area contributed by atoms with Crippen molar-refractivity contribution in [2.24, 2.45) is 0 Å². The number of halogens is 2. The summed E-state index contributed by atoms with van der Waals surface area (Å²) in [4.78, 5) is 26.4. The Balaban J connectivity index is 2.25. The van der Waals surface area contributed by atoms with Crippen LogP contribution in [0.1, 0.15) is 31.1 Å². The molecule has 2 heterocycles. The molecule has 1 atom stereocenters. The van der Waals surface area contributed by atoms with Crippen molar-refractivity contribution in [3.05, 3.63) is 39.7 Å². The number of carbonyl (C=O) groups excluding carboxylic acids is 1. The average Bonchev–Trinajstić information content (AvgIpc) is 2.62. The van der Waals surface area contributed by atoms with Crippen LogP contribution in [0.15, 0.2) is 17.1 Å². The van der Waals surface area contributed by atoms with Crippen molar-refractivity contribution < 1.29 is 18.3 Å². The number of piperazine rings is 1. The average molecular weight is 379 g/mol. The summed E-state index contributed by atoms with van der Waals surface area (Å²) in [5.41, 5.74) is -1.10. The molecule has 27 heavy (non-hydrogen) atoms. The van der Waals surface area contributed by atoms with E-state index in [1.807, 2.05) is 6.92 Å². The number of hydrogen-bond acceptors (Lipinski definition) is 5. The van der Waals surface area contributed by atoms with Crippen molar-refractivity contribution in [2.45, 2.75) is 33.4 Å². The maximum atomic E-state index is 15.4. The number of ether oxygens (including phenoxy) is 1. The fourth-order valence-electron chi connectivity index (χ4n) is 3.51. The SMILES string of the molecule is CCOC(=O)c1cn(CC)c2c(F)c(N3CCNC(C)C3)c(F)cc2c1=O. The fraction of sp³-hybridized carbons (Fsp3) is 0.474. The van der Waals surface area contributed by atoms with Crippen molar-refractivity contribution >= 4 is 22.6 Å². The Morgan fingerprint density at radius 3 is 2.74 bits per heavy atom. The normalized spacial score (nSPS) is 17.4. The molecule has 1 aromatic heterocycles. The monoisotopic (exact) mass is 379 g/mol. The summed E-state index contributed by atoms with van der Waals surface area (Å²) in [5.74, 6) is -2.39. The summed E-state index contributed by atoms with van der Waals surface area (Å²) < 4.78 is 36.5. The highest BCUT2D eigenvalue weighted by Crippen LogP contribution is 2.30. The van der Waals surface area contributed by atoms with E-state index < -0.39 is 23.0 Å². The number of aryl methyl sites for hydroxylation is 1. The molecule has 1 aliphatic heterocycles. The van der Waals surface area contributed by atoms with Crippen molar-refractivity contribution in [3.8, 4) is 0 Å². The van der Waals surface area contributed by atoms with Gasteiger partial charge in [0, 0.05) is 38.4 Å². The number of nitrogens with zero attached hydrogens (tertiary/aromatic N) is 2. The Labute approximate surface area is 155 Å². The van der Waals surface area contributed by atoms with Gasteiger partial charge in [0.2, 0.25) is 5.43 Å². The fourth-order valence-corrected chi connectivity index (χ4v) is 3.51. The second-order valence-electron chi connectivity index (χ2n) is 6.60. The summed E-state index contributed by atoms with van der Waals surface area (Å²) in [6, 6.07) is 1.12. The van der Waals surface area contributed by atoms with E-state index in [1.165, 1.54) is 10.8 Å². The molecule has 3 rings (SSSR count). The highest BCUT2D eigenvalue weighted by Gasteiger charge is 2.27. The number of nitrogens with one attached hydrogen (secondary N) is 1. The molecule has 0 radical (unpaired) electrons. The predicted octanol–water partition coefficient (Wildman–Crippen LogP) is 2.27. The molecule has 0 spiro atoms. The number of aromatic nitrogens is 1. The van der Waals surface area contributed by atoms with Crippen molar-refractivity contribution in [2.75, 3.05) is 31.1 Å². The van der Waals surface area contributed by atoms with Crippen LogP contribution in [0, 0.1) is 11.6 Å². The molecule has 0 amide bonds. The van der Waals surface area contributed by atoms with Crippen LogP contribution in [0.4, 0.5) is 14.5 Å². The molecule has 1 N–H and O–H groups in total. The van der Waals surface area contributed by atoms with Gasteiger partial charge in [0.15, 0.2) is 5.82 Å². The Kier molecular flexibility index (Phi) is 5.46. The summed E-state index contributed by atoms with van der Waals surface area (Å²) in [7, 11) is 0. The predicted molar refractivity (Wildman–Crippen MR) is 99.4 cm³/mol. The number of esters is 1. The third-order valence-electron chi connectivity index (χ3n) is 4.75. The Morgan fingerprint density at radius 2 is 2.11 bits per heavy atom. The van der Waals surface area contributed by atoms with E-state index in [-0.39, 0.29) is 34.8 Å². The van der Waals surface area contributed by atoms with Gasteiger partial charge in [0.1, 0.15) is 17.1 Å². The maximum absolute atomic E-state index is 15.4. The third kappa shape index (κ3) is 3.41. The second kappa shape index (κ2) is 7.64. The Hall–Kier alpha value is -2.48. The zero-order valence-corrected chi connectivity index (χ0v) is 15.6. The first kappa shape index (κ1) is 19.3. The molecule has 1 aromatic carbocycles. The molecule has 0 bridgehead atoms. The number of fused-ring (bicyclic) bond motifs is 1. The molecule has 0 aliphatic carbocycles. The molecule has 1 fully saturated rings. The van der Waals surface area contributed by atoms with Gasteiger partial charge < -0.3 is 19.5 Å². The van der Waals surface area contributed by atoms with Crippen LogP contribution in [0.3, 0.4) is 0 Å². The first-order valence-electron chi connectivity index (χ1n) is 9.09. The van der Waals surface area contributed by atoms with Crippen LogP contribution in [-0.2, 0) is 11.3 Å². The zero-order chi connectivity index (χ0) is 19.7. The highest BCUT2D eigenvalue weighted by atomic mass is 19.1. The van der Waals surface area contributed by atoms with E-state index in [4.69, 9.17) is 4.74 Å². The summed E-state index contributed by atoms with van der Waals surface area (Å²) in [6.07, 6.45) is 1.29. The van der Waals surface area contributed by atoms with Gasteiger partial charge in [-0.15, -0.1) is 0 Å². The Bertz CT molecular complexity index is 942. The highest BCUT2D eigenvalue weighted by molar-refractivity contribution is 5.94. The molecule has 1 unspecified atom stereocenters. The van der Waals surface area contributed by atoms with E-state index >= 15 is 4.39 Å². The minimum Gasteiger partial charge on any atom is -0.462 e. The number of benzene rings is 1. The minimum atomic E-state index is -0.810. The lowest BCUT2D eigenvalue weighted by Crippen LogP contribution is -2.49. The lowest BCUT2D eigenvalue weighted by atomic mass is 10.1. The molecule has 1 aliphatic rings. The van der Waals surface area contributed by atoms with Crippen LogP contribution < -0.4 is 15.6 Å². The maximum Gasteiger partial charge on any atom is 0.343 e. The van der Waals surface area contributed by atoms with Crippen molar-refractivity contribution in [3.63, 3.8) is 0 Å². The molecule has 8 heteroatoms. The number of anilines is 1. The smallest absolute Gasteiger partial charge is 0.343 e. The lowest BCUT2D eigenvalue weighted by Gasteiger charge is -2.34. The number of hydrogen-bond donors (Lipinski definition) is 1. The van der Waals surface area contributed by atoms with Crippen molar-refractivity contribution in [1.29, 1.82) is 0 Å². The second-order valence-corrected chi connectivity index (χ2v) is 6.60. The van der Waals surface area contributed by atoms with Gasteiger partial charge >= 0.3 is 5.97 Å². The van der Waals surface area contributed by atoms with Gasteiger partial charge in [-0.1, -0.05) is 0 Å². The first-order valence-corrected chi connectivity index (χ1v) is 9.09. The van der Waals surface area contributed by atoms with Gasteiger partial charge in [-0.05, 0) is 26.8 Å². The van der Waals surface area contributed by atoms with Gasteiger partial charge in [-0.2, -0.15) is 0 Å². The number of carbonyl (C=O) groups is 1. The van der Waals surface area contributed by atoms with Gasteiger partial charge in [-0.3, -0.25) is 4.79 Å². The van der Waals surface area contributed by atoms with Crippen LogP contribution in [0.2, 0.25) is 0 Å². The summed E-state index contributed by atoms with van der Waals surface area (Å²) >= 11 is 0. The van der Waals surface area contributed by atoms with Crippen LogP contribution in [0.5, 0.6) is 0 Å². The molecule has 2 aromatic rings. The zero-order valence-electron chi connectivity index (χ0n) is 15.6. The van der Waals surface area contributed by atoms with Crippen LogP contribution >= 0.6 is 0 Å². The molecule has 0 saturated carbocycles. The molecule has 6 nitrogen and oxygen atoms in total. The third-order valence-corrected chi connectivity index (χ3v) is 4.75. The molecule has 1 saturated heterocycles. The standard InChI is InChI=1S/C19H23F2N3O3/c1-4-23-10-13(19(26)27-5-2)18(25)12-8-14(20)17(15(21)16(12)23)24-7-6-22-11(3)9-24/h8,10-11,22H,4-7,9H2,1-3H3. The van der Waals surface area contributed by atoms with E-state index in [9.17, 15) is 14.0 Å². The van der Waals surface area contributed by atoms with E-state index in [2.05, 4.69) is 5.32 Å². The quantitative estimate of drug-likeness (QED) is 0.826. The van der Waals surface area contributed by atoms with Gasteiger partial charge in [0.25, 0.3) is 0 Å². The summed E-state index contributed by atoms with van der Waals surface area (Å²) in [6.45, 7) is 7.26. The number of rotatable bonds is 4. The lowest BCUT2D eigenvalue weighted by molar-refractivity contribution is 0.0524. The molecular weight excluding hydrogens is 356 g/mol. The van der Waals surface area contributed by atoms with E-state index in [1.54, 1.807) is 18.7 Å². The summed E-state index contributed by atoms with van der Waals surface area (Å²) in [5, 5.41) is 3.07. The van der Waals surface area contributed by atoms with E-state index in [0.717, 1.165) is 6.07 Å². The van der Waals surface area contributed by atoms with Crippen LogP contribution in [-0.4, -0.2) is 42.8 Å². The molecule has 146 valence electrons. The van der Waals surface area contributed by atoms with Crippen molar-refractivity contribution in [1.82, 2.24) is 9.88 Å². The van der Waals surface area contributed by atoms with Gasteiger partial charge in [-0.25, -0.2) is 13.6 Å². The Morgan fingerprint density at radius 1 is 1.37 bits per heavy atom. The van der Waals surface area contributed by atoms with E-state index in [0.29, 0.717) is 26.2 Å². The minimum absolute atomic E-state index is 0.00173.